The molecular weight excluding hydrogens is 420 g/mol. The van der Waals surface area contributed by atoms with Crippen LogP contribution in [0.1, 0.15) is 34.5 Å². The minimum atomic E-state index is -0.904. The molecule has 2 aliphatic heterocycles. The van der Waals surface area contributed by atoms with Crippen molar-refractivity contribution < 1.29 is 29.0 Å². The molecule has 2 aliphatic rings. The molecule has 1 saturated heterocycles. The summed E-state index contributed by atoms with van der Waals surface area (Å²) in [4.78, 5) is 39.1. The van der Waals surface area contributed by atoms with Gasteiger partial charge in [0.1, 0.15) is 18.5 Å². The van der Waals surface area contributed by atoms with Gasteiger partial charge in [-0.25, -0.2) is 0 Å². The number of benzene rings is 1. The first kappa shape index (κ1) is 21.3. The van der Waals surface area contributed by atoms with Crippen LogP contribution in [0.3, 0.4) is 0 Å². The lowest BCUT2D eigenvalue weighted by Gasteiger charge is -2.42. The van der Waals surface area contributed by atoms with Crippen LogP contribution in [0.25, 0.3) is 0 Å². The SMILES string of the molecule is CN1C(=O)c2cc(NC(=O)Cc3cccs3)ccc2OC[C@H]2O[C@H](CC(=O)O)CC[C@@H]21. The predicted octanol–water partition coefficient (Wildman–Crippen LogP) is 2.78. The minimum Gasteiger partial charge on any atom is -0.490 e. The van der Waals surface area contributed by atoms with Crippen molar-refractivity contribution in [3.8, 4) is 5.75 Å². The molecule has 3 heterocycles. The largest absolute Gasteiger partial charge is 0.490 e. The second-order valence-corrected chi connectivity index (χ2v) is 8.81. The van der Waals surface area contributed by atoms with E-state index < -0.39 is 12.1 Å². The number of thiophene rings is 1. The highest BCUT2D eigenvalue weighted by atomic mass is 32.1. The maximum atomic E-state index is 13.2. The molecule has 1 aromatic carbocycles. The fraction of sp³-hybridized carbons (Fsp3) is 0.409. The Kier molecular flexibility index (Phi) is 6.24. The first-order chi connectivity index (χ1) is 14.9. The van der Waals surface area contributed by atoms with Gasteiger partial charge in [-0.05, 0) is 42.5 Å². The summed E-state index contributed by atoms with van der Waals surface area (Å²) < 4.78 is 11.8. The Morgan fingerprint density at radius 2 is 2.13 bits per heavy atom. The average Bonchev–Trinajstić information content (AvgIpc) is 3.23. The van der Waals surface area contributed by atoms with Gasteiger partial charge in [-0.1, -0.05) is 6.07 Å². The third-order valence-corrected chi connectivity index (χ3v) is 6.49. The van der Waals surface area contributed by atoms with Crippen LogP contribution in [-0.4, -0.2) is 59.7 Å². The monoisotopic (exact) mass is 444 g/mol. The third kappa shape index (κ3) is 4.88. The van der Waals surface area contributed by atoms with E-state index in [2.05, 4.69) is 5.32 Å². The maximum absolute atomic E-state index is 13.2. The normalized spacial score (nSPS) is 23.1. The maximum Gasteiger partial charge on any atom is 0.305 e. The van der Waals surface area contributed by atoms with Crippen LogP contribution in [0, 0.1) is 0 Å². The molecule has 8 nitrogen and oxygen atoms in total. The van der Waals surface area contributed by atoms with Gasteiger partial charge < -0.3 is 24.8 Å². The number of hydrogen-bond donors (Lipinski definition) is 2. The number of nitrogens with one attached hydrogen (secondary N) is 1. The van der Waals surface area contributed by atoms with Crippen LogP contribution in [0.5, 0.6) is 5.75 Å². The molecule has 164 valence electrons. The zero-order valence-corrected chi connectivity index (χ0v) is 17.9. The first-order valence-corrected chi connectivity index (χ1v) is 11.0. The van der Waals surface area contributed by atoms with Crippen molar-refractivity contribution in [3.05, 3.63) is 46.2 Å². The molecule has 2 N–H and O–H groups in total. The van der Waals surface area contributed by atoms with E-state index in [0.717, 1.165) is 4.88 Å². The highest BCUT2D eigenvalue weighted by Gasteiger charge is 2.39. The van der Waals surface area contributed by atoms with Crippen LogP contribution in [0.15, 0.2) is 35.7 Å². The summed E-state index contributed by atoms with van der Waals surface area (Å²) in [6.45, 7) is 0.218. The molecule has 4 rings (SSSR count). The number of carboxylic acid groups (broad SMARTS) is 1. The number of rotatable bonds is 5. The van der Waals surface area contributed by atoms with Crippen LogP contribution in [0.4, 0.5) is 5.69 Å². The van der Waals surface area contributed by atoms with E-state index in [4.69, 9.17) is 14.6 Å². The highest BCUT2D eigenvalue weighted by molar-refractivity contribution is 7.10. The van der Waals surface area contributed by atoms with Crippen LogP contribution >= 0.6 is 11.3 Å². The fourth-order valence-electron chi connectivity index (χ4n) is 4.08. The van der Waals surface area contributed by atoms with E-state index in [9.17, 15) is 14.4 Å². The molecule has 2 amide bonds. The Hall–Kier alpha value is -2.91. The lowest BCUT2D eigenvalue weighted by atomic mass is 9.94. The second-order valence-electron chi connectivity index (χ2n) is 7.78. The Bertz CT molecular complexity index is 976. The number of amides is 2. The van der Waals surface area contributed by atoms with E-state index in [1.54, 1.807) is 30.1 Å². The molecule has 0 radical (unpaired) electrons. The van der Waals surface area contributed by atoms with Gasteiger partial charge in [-0.3, -0.25) is 14.4 Å². The number of anilines is 1. The molecule has 9 heteroatoms. The smallest absolute Gasteiger partial charge is 0.305 e. The molecule has 1 aromatic heterocycles. The number of fused-ring (bicyclic) bond motifs is 2. The molecular formula is C22H24N2O6S. The van der Waals surface area contributed by atoms with Crippen LogP contribution in [-0.2, 0) is 20.7 Å². The van der Waals surface area contributed by atoms with Gasteiger partial charge in [0.15, 0.2) is 0 Å². The van der Waals surface area contributed by atoms with Gasteiger partial charge in [0.25, 0.3) is 5.91 Å². The predicted molar refractivity (Wildman–Crippen MR) is 115 cm³/mol. The number of ether oxygens (including phenoxy) is 2. The molecule has 0 bridgehead atoms. The van der Waals surface area contributed by atoms with Crippen molar-refractivity contribution in [2.75, 3.05) is 19.0 Å². The van der Waals surface area contributed by atoms with Crippen molar-refractivity contribution in [3.63, 3.8) is 0 Å². The number of hydrogen-bond acceptors (Lipinski definition) is 6. The average molecular weight is 445 g/mol. The minimum absolute atomic E-state index is 0.0635. The van der Waals surface area contributed by atoms with E-state index >= 15 is 0 Å². The zero-order chi connectivity index (χ0) is 22.0. The van der Waals surface area contributed by atoms with Crippen molar-refractivity contribution >= 4 is 34.8 Å². The van der Waals surface area contributed by atoms with Crippen molar-refractivity contribution in [1.82, 2.24) is 4.90 Å². The van der Waals surface area contributed by atoms with Gasteiger partial charge in [0.05, 0.1) is 30.6 Å². The standard InChI is InChI=1S/C22H24N2O6S/c1-24-17-6-5-14(10-21(26)27)30-19(17)12-29-18-7-4-13(9-16(18)22(24)28)23-20(25)11-15-3-2-8-31-15/h2-4,7-9,14,17,19H,5-6,10-12H2,1H3,(H,23,25)(H,26,27)/t14-,17-,19+/m0/s1. The fourth-order valence-corrected chi connectivity index (χ4v) is 4.78. The Morgan fingerprint density at radius 1 is 1.29 bits per heavy atom. The lowest BCUT2D eigenvalue weighted by Crippen LogP contribution is -2.53. The van der Waals surface area contributed by atoms with Gasteiger partial charge in [0.2, 0.25) is 5.91 Å². The number of carbonyl (C=O) groups is 3. The molecule has 1 fully saturated rings. The Morgan fingerprint density at radius 3 is 2.87 bits per heavy atom. The number of nitrogens with zero attached hydrogens (tertiary/aromatic N) is 1. The van der Waals surface area contributed by atoms with Gasteiger partial charge in [-0.2, -0.15) is 0 Å². The van der Waals surface area contributed by atoms with Crippen molar-refractivity contribution in [2.24, 2.45) is 0 Å². The number of aliphatic carboxylic acids is 1. The molecule has 2 aromatic rings. The highest BCUT2D eigenvalue weighted by Crippen LogP contribution is 2.32. The molecule has 0 saturated carbocycles. The molecule has 0 spiro atoms. The van der Waals surface area contributed by atoms with E-state index in [-0.39, 0.29) is 43.4 Å². The Labute approximate surface area is 183 Å². The summed E-state index contributed by atoms with van der Waals surface area (Å²) in [5.41, 5.74) is 0.909. The first-order valence-electron chi connectivity index (χ1n) is 10.1. The van der Waals surface area contributed by atoms with Gasteiger partial charge in [0, 0.05) is 17.6 Å². The molecule has 0 aliphatic carbocycles. The van der Waals surface area contributed by atoms with Gasteiger partial charge in [-0.15, -0.1) is 11.3 Å². The van der Waals surface area contributed by atoms with E-state index in [1.807, 2.05) is 17.5 Å². The Balaban J connectivity index is 1.49. The van der Waals surface area contributed by atoms with E-state index in [0.29, 0.717) is 29.8 Å². The topological polar surface area (TPSA) is 105 Å². The van der Waals surface area contributed by atoms with Crippen LogP contribution < -0.4 is 10.1 Å². The van der Waals surface area contributed by atoms with E-state index in [1.165, 1.54) is 11.3 Å². The second kappa shape index (κ2) is 9.07. The summed E-state index contributed by atoms with van der Waals surface area (Å²) in [6.07, 6.45) is 0.636. The number of carboxylic acids is 1. The number of carbonyl (C=O) groups excluding carboxylic acids is 2. The van der Waals surface area contributed by atoms with Crippen molar-refractivity contribution in [1.29, 1.82) is 0 Å². The molecule has 3 atom stereocenters. The quantitative estimate of drug-likeness (QED) is 0.735. The van der Waals surface area contributed by atoms with Crippen molar-refractivity contribution in [2.45, 2.75) is 43.9 Å². The van der Waals surface area contributed by atoms with Crippen LogP contribution in [0.2, 0.25) is 0 Å². The van der Waals surface area contributed by atoms with Gasteiger partial charge >= 0.3 is 5.97 Å². The molecule has 0 unspecified atom stereocenters. The summed E-state index contributed by atoms with van der Waals surface area (Å²) in [5, 5.41) is 13.8. The number of likely N-dealkylation sites (N-methyl/N-ethyl adjacent to an activating group) is 1. The molecule has 31 heavy (non-hydrogen) atoms. The lowest BCUT2D eigenvalue weighted by molar-refractivity contribution is -0.148. The summed E-state index contributed by atoms with van der Waals surface area (Å²) in [7, 11) is 1.72. The summed E-state index contributed by atoms with van der Waals surface area (Å²) in [5.74, 6) is -0.867. The third-order valence-electron chi connectivity index (χ3n) is 5.61. The zero-order valence-electron chi connectivity index (χ0n) is 17.1. The summed E-state index contributed by atoms with van der Waals surface area (Å²) in [6, 6.07) is 8.60. The summed E-state index contributed by atoms with van der Waals surface area (Å²) >= 11 is 1.52.